The van der Waals surface area contributed by atoms with Crippen molar-refractivity contribution >= 4 is 29.0 Å². The molecule has 4 rings (SSSR count). The normalized spacial score (nSPS) is 27.5. The van der Waals surface area contributed by atoms with Crippen LogP contribution in [0.5, 0.6) is 0 Å². The number of aliphatic hydroxyl groups excluding tert-OH is 2. The van der Waals surface area contributed by atoms with Crippen LogP contribution in [-0.2, 0) is 19.0 Å². The lowest BCUT2D eigenvalue weighted by atomic mass is 10.1. The summed E-state index contributed by atoms with van der Waals surface area (Å²) in [5.41, 5.74) is 0.868. The largest absolute Gasteiger partial charge is 0.481 e. The molecule has 0 unspecified atom stereocenters. The number of rotatable bonds is 8. The van der Waals surface area contributed by atoms with E-state index in [2.05, 4.69) is 25.6 Å². The number of carbonyl (C=O) groups excluding carboxylic acids is 1. The fourth-order valence-corrected chi connectivity index (χ4v) is 3.56. The molecule has 0 spiro atoms. The van der Waals surface area contributed by atoms with Crippen molar-refractivity contribution in [3.8, 4) is 0 Å². The summed E-state index contributed by atoms with van der Waals surface area (Å²) >= 11 is 0. The second kappa shape index (κ2) is 9.60. The quantitative estimate of drug-likeness (QED) is 0.324. The number of alkyl carbamates (subject to hydrolysis) is 1. The summed E-state index contributed by atoms with van der Waals surface area (Å²) in [5, 5.41) is 35.0. The van der Waals surface area contributed by atoms with Crippen molar-refractivity contribution in [3.63, 3.8) is 0 Å². The number of amides is 1. The van der Waals surface area contributed by atoms with Gasteiger partial charge in [0.15, 0.2) is 23.2 Å². The van der Waals surface area contributed by atoms with Gasteiger partial charge in [-0.1, -0.05) is 0 Å². The number of ether oxygens (including phenoxy) is 3. The second-order valence-electron chi connectivity index (χ2n) is 7.47. The number of fused-ring (bicyclic) bond motifs is 1. The Labute approximate surface area is 181 Å². The minimum absolute atomic E-state index is 0.0996. The van der Waals surface area contributed by atoms with E-state index in [9.17, 15) is 19.8 Å². The summed E-state index contributed by atoms with van der Waals surface area (Å²) in [6.45, 7) is 0.789. The maximum atomic E-state index is 11.7. The Morgan fingerprint density at radius 3 is 2.84 bits per heavy atom. The van der Waals surface area contributed by atoms with E-state index in [1.54, 1.807) is 0 Å². The lowest BCUT2D eigenvalue weighted by Crippen LogP contribution is -2.36. The molecular weight excluding hydrogens is 428 g/mol. The van der Waals surface area contributed by atoms with Crippen molar-refractivity contribution in [2.75, 3.05) is 31.7 Å². The van der Waals surface area contributed by atoms with Crippen LogP contribution in [0.4, 0.5) is 10.6 Å². The number of carbonyl (C=O) groups is 2. The number of aromatic nitrogens is 4. The molecule has 1 amide bonds. The third-order valence-electron chi connectivity index (χ3n) is 5.23. The molecule has 0 saturated carbocycles. The average Bonchev–Trinajstić information content (AvgIpc) is 3.48. The third-order valence-corrected chi connectivity index (χ3v) is 5.23. The Balaban J connectivity index is 1.41. The van der Waals surface area contributed by atoms with E-state index in [0.717, 1.165) is 6.42 Å². The van der Waals surface area contributed by atoms with Gasteiger partial charge in [-0.05, 0) is 6.42 Å². The summed E-state index contributed by atoms with van der Waals surface area (Å²) in [7, 11) is 0. The molecule has 5 N–H and O–H groups in total. The highest BCUT2D eigenvalue weighted by atomic mass is 16.6. The van der Waals surface area contributed by atoms with Gasteiger partial charge in [0.1, 0.15) is 31.2 Å². The zero-order chi connectivity index (χ0) is 22.7. The highest BCUT2D eigenvalue weighted by Gasteiger charge is 2.45. The van der Waals surface area contributed by atoms with Gasteiger partial charge in [0, 0.05) is 13.2 Å². The topological polar surface area (TPSA) is 190 Å². The lowest BCUT2D eigenvalue weighted by molar-refractivity contribution is -0.136. The van der Waals surface area contributed by atoms with Crippen molar-refractivity contribution in [2.24, 2.45) is 0 Å². The maximum absolute atomic E-state index is 11.7. The third kappa shape index (κ3) is 4.72. The van der Waals surface area contributed by atoms with Gasteiger partial charge in [-0.15, -0.1) is 0 Å². The van der Waals surface area contributed by atoms with E-state index >= 15 is 0 Å². The number of nitrogens with zero attached hydrogens (tertiary/aromatic N) is 4. The predicted molar refractivity (Wildman–Crippen MR) is 106 cm³/mol. The van der Waals surface area contributed by atoms with E-state index in [1.807, 2.05) is 0 Å². The standard InChI is InChI=1S/C18H24N6O8/c25-11(26)1-3-19-18(29)31-6-10-13(27)14(28)17(32-10)24-8-22-12-15(20-7-21-16(12)24)23-9-2-4-30-5-9/h7-10,13-14,17,27-28H,1-6H2,(H,19,29)(H,25,26)(H,20,21,23)/t9-,10-,13-,14-,17-/m1/s1. The van der Waals surface area contributed by atoms with Crippen LogP contribution in [0.1, 0.15) is 19.1 Å². The van der Waals surface area contributed by atoms with Crippen LogP contribution in [0, 0.1) is 0 Å². The summed E-state index contributed by atoms with van der Waals surface area (Å²) in [6, 6.07) is 0.108. The van der Waals surface area contributed by atoms with Gasteiger partial charge in [0.25, 0.3) is 0 Å². The zero-order valence-electron chi connectivity index (χ0n) is 17.0. The fraction of sp³-hybridized carbons (Fsp3) is 0.611. The molecule has 0 bridgehead atoms. The first-order valence-electron chi connectivity index (χ1n) is 10.1. The summed E-state index contributed by atoms with van der Waals surface area (Å²) in [4.78, 5) is 34.9. The monoisotopic (exact) mass is 452 g/mol. The van der Waals surface area contributed by atoms with E-state index in [1.165, 1.54) is 17.2 Å². The van der Waals surface area contributed by atoms with Crippen molar-refractivity contribution in [1.82, 2.24) is 24.8 Å². The van der Waals surface area contributed by atoms with Crippen LogP contribution in [-0.4, -0.2) is 97.6 Å². The predicted octanol–water partition coefficient (Wildman–Crippen LogP) is -1.15. The van der Waals surface area contributed by atoms with Crippen molar-refractivity contribution in [2.45, 2.75) is 43.4 Å². The first kappa shape index (κ1) is 22.1. The van der Waals surface area contributed by atoms with Crippen LogP contribution in [0.15, 0.2) is 12.7 Å². The highest BCUT2D eigenvalue weighted by Crippen LogP contribution is 2.32. The molecule has 0 aliphatic carbocycles. The van der Waals surface area contributed by atoms with Crippen LogP contribution < -0.4 is 10.6 Å². The molecule has 0 aromatic carbocycles. The molecule has 14 nitrogen and oxygen atoms in total. The van der Waals surface area contributed by atoms with E-state index in [-0.39, 0.29) is 25.6 Å². The zero-order valence-corrected chi connectivity index (χ0v) is 17.0. The Kier molecular flexibility index (Phi) is 6.64. The molecule has 4 heterocycles. The van der Waals surface area contributed by atoms with Crippen molar-refractivity contribution < 1.29 is 39.1 Å². The van der Waals surface area contributed by atoms with Crippen LogP contribution in [0.2, 0.25) is 0 Å². The Morgan fingerprint density at radius 2 is 2.09 bits per heavy atom. The van der Waals surface area contributed by atoms with Crippen molar-refractivity contribution in [1.29, 1.82) is 0 Å². The lowest BCUT2D eigenvalue weighted by Gasteiger charge is -2.17. The number of anilines is 1. The van der Waals surface area contributed by atoms with Gasteiger partial charge in [0.05, 0.1) is 25.4 Å². The number of imidazole rings is 1. The van der Waals surface area contributed by atoms with Crippen LogP contribution in [0.25, 0.3) is 11.2 Å². The molecule has 174 valence electrons. The van der Waals surface area contributed by atoms with Crippen molar-refractivity contribution in [3.05, 3.63) is 12.7 Å². The maximum Gasteiger partial charge on any atom is 0.407 e. The smallest absolute Gasteiger partial charge is 0.407 e. The van der Waals surface area contributed by atoms with Gasteiger partial charge >= 0.3 is 12.1 Å². The molecule has 0 radical (unpaired) electrons. The minimum Gasteiger partial charge on any atom is -0.481 e. The molecule has 2 aliphatic rings. The first-order chi connectivity index (χ1) is 15.4. The number of nitrogens with one attached hydrogen (secondary N) is 2. The molecule has 2 aliphatic heterocycles. The second-order valence-corrected chi connectivity index (χ2v) is 7.47. The highest BCUT2D eigenvalue weighted by molar-refractivity contribution is 5.82. The fourth-order valence-electron chi connectivity index (χ4n) is 3.56. The number of aliphatic carboxylic acids is 1. The molecule has 2 saturated heterocycles. The number of aliphatic hydroxyl groups is 2. The Hall–Kier alpha value is -3.07. The molecule has 14 heteroatoms. The summed E-state index contributed by atoms with van der Waals surface area (Å²) < 4.78 is 17.5. The molecule has 2 aromatic rings. The van der Waals surface area contributed by atoms with Gasteiger partial charge in [-0.2, -0.15) is 0 Å². The Morgan fingerprint density at radius 1 is 1.25 bits per heavy atom. The van der Waals surface area contributed by atoms with Gasteiger partial charge in [-0.3, -0.25) is 9.36 Å². The molecule has 2 aromatic heterocycles. The number of carboxylic acid groups (broad SMARTS) is 1. The summed E-state index contributed by atoms with van der Waals surface area (Å²) in [6.07, 6.45) is -2.16. The minimum atomic E-state index is -1.33. The molecule has 2 fully saturated rings. The number of hydrogen-bond acceptors (Lipinski definition) is 11. The molecule has 5 atom stereocenters. The SMILES string of the molecule is O=C(O)CCNC(=O)OC[C@H]1O[C@@H](n2cnc3c(N[C@@H]4CCOC4)ncnc32)[C@H](O)[C@@H]1O. The first-order valence-corrected chi connectivity index (χ1v) is 10.1. The molecular formula is C18H24N6O8. The van der Waals surface area contributed by atoms with Crippen LogP contribution >= 0.6 is 0 Å². The number of hydrogen-bond donors (Lipinski definition) is 5. The van der Waals surface area contributed by atoms with E-state index in [4.69, 9.17) is 19.3 Å². The van der Waals surface area contributed by atoms with Gasteiger partial charge in [-0.25, -0.2) is 19.7 Å². The number of carboxylic acids is 1. The molecule has 32 heavy (non-hydrogen) atoms. The van der Waals surface area contributed by atoms with Gasteiger partial charge < -0.3 is 40.2 Å². The Bertz CT molecular complexity index is 964. The average molecular weight is 452 g/mol. The van der Waals surface area contributed by atoms with E-state index in [0.29, 0.717) is 30.2 Å². The van der Waals surface area contributed by atoms with Crippen LogP contribution in [0.3, 0.4) is 0 Å². The summed E-state index contributed by atoms with van der Waals surface area (Å²) in [5.74, 6) is -0.535. The van der Waals surface area contributed by atoms with Gasteiger partial charge in [0.2, 0.25) is 0 Å². The van der Waals surface area contributed by atoms with E-state index < -0.39 is 36.6 Å².